The number of hydrogen-bond donors (Lipinski definition) is 0. The van der Waals surface area contributed by atoms with Crippen molar-refractivity contribution in [3.8, 4) is 0 Å². The van der Waals surface area contributed by atoms with Gasteiger partial charge in [-0.1, -0.05) is 0 Å². The molecule has 0 nitrogen and oxygen atoms in total. The first-order valence-corrected chi connectivity index (χ1v) is 9.42. The molecule has 2 aliphatic carbocycles. The van der Waals surface area contributed by atoms with E-state index in [0.717, 1.165) is 0 Å². The van der Waals surface area contributed by atoms with Crippen LogP contribution in [0.2, 0.25) is 0 Å². The summed E-state index contributed by atoms with van der Waals surface area (Å²) < 4.78 is 0. The molecule has 2 aliphatic rings. The van der Waals surface area contributed by atoms with Crippen molar-refractivity contribution in [2.24, 2.45) is 16.7 Å². The van der Waals surface area contributed by atoms with Crippen molar-refractivity contribution in [1.82, 2.24) is 0 Å². The number of rotatable bonds is 3. The third kappa shape index (κ3) is 1.94. The van der Waals surface area contributed by atoms with Crippen LogP contribution in [-0.2, 0) is 0 Å². The molecule has 0 amide bonds. The molecular formula is C10H9Cl9. The van der Waals surface area contributed by atoms with Gasteiger partial charge >= 0.3 is 0 Å². The molecule has 7 atom stereocenters. The first-order valence-electron chi connectivity index (χ1n) is 5.39. The lowest BCUT2D eigenvalue weighted by atomic mass is 9.69. The van der Waals surface area contributed by atoms with Crippen LogP contribution in [-0.4, -0.2) is 37.1 Å². The summed E-state index contributed by atoms with van der Waals surface area (Å²) in [6.45, 7) is 0. The standard InChI is InChI=1S/C10H9Cl9/c11-1-9(7(16)17)2-3(12)5(14)10(9,8(18)19)6(15)4(2)13/h2-8H,1H2/t2?,3-,4-,5-,6+,9-,10?/m1/s1. The fourth-order valence-electron chi connectivity index (χ4n) is 3.63. The van der Waals surface area contributed by atoms with Crippen LogP contribution in [0.5, 0.6) is 0 Å². The van der Waals surface area contributed by atoms with Crippen LogP contribution in [0.15, 0.2) is 0 Å². The van der Waals surface area contributed by atoms with E-state index in [9.17, 15) is 0 Å². The minimum atomic E-state index is -1.04. The third-order valence-electron chi connectivity index (χ3n) is 4.53. The summed E-state index contributed by atoms with van der Waals surface area (Å²) in [6, 6.07) is 0. The van der Waals surface area contributed by atoms with Crippen molar-refractivity contribution in [3.05, 3.63) is 0 Å². The normalized spacial score (nSPS) is 53.5. The molecule has 0 aromatic rings. The lowest BCUT2D eigenvalue weighted by molar-refractivity contribution is 0.147. The van der Waals surface area contributed by atoms with E-state index in [2.05, 4.69) is 0 Å². The predicted octanol–water partition coefficient (Wildman–Crippen LogP) is 5.88. The summed E-state index contributed by atoms with van der Waals surface area (Å²) in [4.78, 5) is -1.82. The van der Waals surface area contributed by atoms with E-state index in [-0.39, 0.29) is 11.8 Å². The summed E-state index contributed by atoms with van der Waals surface area (Å²) in [5, 5.41) is -2.23. The Kier molecular flexibility index (Phi) is 5.59. The van der Waals surface area contributed by atoms with E-state index in [1.807, 2.05) is 0 Å². The van der Waals surface area contributed by atoms with Gasteiger partial charge in [0.15, 0.2) is 0 Å². The molecule has 0 radical (unpaired) electrons. The molecule has 2 fully saturated rings. The second kappa shape index (κ2) is 5.91. The summed E-state index contributed by atoms with van der Waals surface area (Å²) in [5.41, 5.74) is -1.97. The molecule has 2 saturated carbocycles. The highest BCUT2D eigenvalue weighted by atomic mass is 35.5. The Balaban J connectivity index is 2.72. The van der Waals surface area contributed by atoms with Gasteiger partial charge in [-0.15, -0.1) is 104 Å². The zero-order valence-electron chi connectivity index (χ0n) is 9.15. The van der Waals surface area contributed by atoms with Gasteiger partial charge in [-0.3, -0.25) is 0 Å². The molecule has 0 N–H and O–H groups in total. The lowest BCUT2D eigenvalue weighted by Gasteiger charge is -2.47. The van der Waals surface area contributed by atoms with Crippen LogP contribution in [0.1, 0.15) is 0 Å². The van der Waals surface area contributed by atoms with E-state index >= 15 is 0 Å². The molecule has 112 valence electrons. The summed E-state index contributed by atoms with van der Waals surface area (Å²) in [7, 11) is 0. The predicted molar refractivity (Wildman–Crippen MR) is 88.6 cm³/mol. The fourth-order valence-corrected chi connectivity index (χ4v) is 8.95. The van der Waals surface area contributed by atoms with Crippen LogP contribution in [0.25, 0.3) is 0 Å². The SMILES string of the molecule is ClC[C@]1(C(Cl)Cl)C2[C@@H](Cl)[C@@H](Cl)C1(C(Cl)Cl)[C@@H](Cl)[C@@H]2Cl. The Bertz CT molecular complexity index is 343. The molecule has 0 aliphatic heterocycles. The Hall–Kier alpha value is 2.61. The average molecular weight is 448 g/mol. The van der Waals surface area contributed by atoms with Gasteiger partial charge in [-0.25, -0.2) is 0 Å². The summed E-state index contributed by atoms with van der Waals surface area (Å²) >= 11 is 56.7. The molecule has 0 aromatic carbocycles. The van der Waals surface area contributed by atoms with Crippen molar-refractivity contribution in [2.75, 3.05) is 5.88 Å². The Labute approximate surface area is 157 Å². The minimum absolute atomic E-state index is 0.0736. The van der Waals surface area contributed by atoms with Gasteiger partial charge in [-0.05, 0) is 0 Å². The molecule has 2 rings (SSSR count). The second-order valence-electron chi connectivity index (χ2n) is 4.93. The van der Waals surface area contributed by atoms with E-state index in [1.54, 1.807) is 0 Å². The maximum Gasteiger partial charge on any atom is 0.117 e. The molecule has 0 saturated heterocycles. The van der Waals surface area contributed by atoms with Gasteiger partial charge in [0.1, 0.15) is 9.67 Å². The van der Waals surface area contributed by atoms with Gasteiger partial charge in [-0.2, -0.15) is 0 Å². The number of alkyl halides is 9. The zero-order chi connectivity index (χ0) is 14.7. The maximum absolute atomic E-state index is 6.46. The molecule has 19 heavy (non-hydrogen) atoms. The zero-order valence-corrected chi connectivity index (χ0v) is 16.0. The monoisotopic (exact) mass is 444 g/mol. The molecule has 9 heteroatoms. The fraction of sp³-hybridized carbons (Fsp3) is 1.00. The number of hydrogen-bond acceptors (Lipinski definition) is 0. The highest BCUT2D eigenvalue weighted by Gasteiger charge is 2.82. The quantitative estimate of drug-likeness (QED) is 0.474. The van der Waals surface area contributed by atoms with E-state index in [0.29, 0.717) is 0 Å². The smallest absolute Gasteiger partial charge is 0.117 e. The lowest BCUT2D eigenvalue weighted by Crippen LogP contribution is -2.55. The summed E-state index contributed by atoms with van der Waals surface area (Å²) in [5.74, 6) is -0.289. The largest absolute Gasteiger partial charge is 0.126 e. The van der Waals surface area contributed by atoms with Crippen LogP contribution < -0.4 is 0 Å². The van der Waals surface area contributed by atoms with Gasteiger partial charge in [0.25, 0.3) is 0 Å². The highest BCUT2D eigenvalue weighted by Crippen LogP contribution is 2.76. The number of halogens is 9. The Morgan fingerprint density at radius 3 is 1.42 bits per heavy atom. The van der Waals surface area contributed by atoms with Gasteiger partial charge < -0.3 is 0 Å². The van der Waals surface area contributed by atoms with Crippen molar-refractivity contribution in [1.29, 1.82) is 0 Å². The summed E-state index contributed by atoms with van der Waals surface area (Å²) in [6.07, 6.45) is 0. The van der Waals surface area contributed by atoms with E-state index < -0.39 is 42.0 Å². The minimum Gasteiger partial charge on any atom is -0.126 e. The van der Waals surface area contributed by atoms with Gasteiger partial charge in [0.2, 0.25) is 0 Å². The van der Waals surface area contributed by atoms with Crippen molar-refractivity contribution in [2.45, 2.75) is 31.2 Å². The topological polar surface area (TPSA) is 0 Å². The Morgan fingerprint density at radius 1 is 0.789 bits per heavy atom. The van der Waals surface area contributed by atoms with Crippen molar-refractivity contribution in [3.63, 3.8) is 0 Å². The van der Waals surface area contributed by atoms with E-state index in [4.69, 9.17) is 104 Å². The Morgan fingerprint density at radius 2 is 1.21 bits per heavy atom. The molecule has 2 bridgehead atoms. The first-order chi connectivity index (χ1) is 8.71. The molecule has 2 unspecified atom stereocenters. The van der Waals surface area contributed by atoms with Gasteiger partial charge in [0.05, 0.1) is 21.5 Å². The van der Waals surface area contributed by atoms with Crippen LogP contribution in [0.3, 0.4) is 0 Å². The highest BCUT2D eigenvalue weighted by molar-refractivity contribution is 6.49. The van der Waals surface area contributed by atoms with Crippen molar-refractivity contribution >= 4 is 104 Å². The van der Waals surface area contributed by atoms with Crippen LogP contribution in [0.4, 0.5) is 0 Å². The van der Waals surface area contributed by atoms with Crippen LogP contribution in [0, 0.1) is 16.7 Å². The second-order valence-corrected chi connectivity index (χ2v) is 9.33. The average Bonchev–Trinajstić information content (AvgIpc) is 2.66. The maximum atomic E-state index is 6.46. The molecule has 0 heterocycles. The molecule has 0 spiro atoms. The van der Waals surface area contributed by atoms with Gasteiger partial charge in [0, 0.05) is 22.6 Å². The third-order valence-corrected chi connectivity index (χ3v) is 9.04. The molecular weight excluding hydrogens is 439 g/mol. The number of fused-ring (bicyclic) bond motifs is 2. The van der Waals surface area contributed by atoms with Crippen molar-refractivity contribution < 1.29 is 0 Å². The van der Waals surface area contributed by atoms with E-state index in [1.165, 1.54) is 0 Å². The molecule has 0 aromatic heterocycles. The van der Waals surface area contributed by atoms with Crippen LogP contribution >= 0.6 is 104 Å². The first kappa shape index (κ1) is 18.0.